The highest BCUT2D eigenvalue weighted by atomic mass is 32.2. The van der Waals surface area contributed by atoms with Crippen LogP contribution in [-0.4, -0.2) is 37.1 Å². The van der Waals surface area contributed by atoms with Crippen molar-refractivity contribution in [1.29, 1.82) is 0 Å². The highest BCUT2D eigenvalue weighted by molar-refractivity contribution is 7.92. The number of nitrogens with zero attached hydrogens (tertiary/aromatic N) is 2. The lowest BCUT2D eigenvalue weighted by Gasteiger charge is -2.28. The number of nitrogens with one attached hydrogen (secondary N) is 2. The van der Waals surface area contributed by atoms with E-state index in [1.807, 2.05) is 0 Å². The van der Waals surface area contributed by atoms with Gasteiger partial charge in [-0.15, -0.1) is 0 Å². The van der Waals surface area contributed by atoms with Gasteiger partial charge in [-0.3, -0.25) is 9.52 Å². The molecule has 1 fully saturated rings. The first-order chi connectivity index (χ1) is 18.5. The lowest BCUT2D eigenvalue weighted by atomic mass is 10.0. The molecule has 3 amide bonds. The van der Waals surface area contributed by atoms with E-state index < -0.39 is 56.6 Å². The number of rotatable bonds is 7. The average molecular weight is 583 g/mol. The van der Waals surface area contributed by atoms with Crippen LogP contribution in [0.3, 0.4) is 0 Å². The third-order valence-corrected chi connectivity index (χ3v) is 6.81. The Kier molecular flexibility index (Phi) is 7.26. The average Bonchev–Trinajstić information content (AvgIpc) is 3.00. The molecule has 1 aliphatic heterocycles. The largest absolute Gasteiger partial charge is 0.419 e. The molecule has 212 valence electrons. The maximum atomic E-state index is 14.2. The van der Waals surface area contributed by atoms with Crippen molar-refractivity contribution < 1.29 is 40.0 Å². The van der Waals surface area contributed by atoms with Gasteiger partial charge in [-0.05, 0) is 74.0 Å². The molecule has 3 aromatic rings. The predicted octanol–water partition coefficient (Wildman–Crippen LogP) is 5.85. The number of alkyl halides is 3. The van der Waals surface area contributed by atoms with Gasteiger partial charge in [-0.1, -0.05) is 6.07 Å². The zero-order chi connectivity index (χ0) is 29.6. The van der Waals surface area contributed by atoms with Crippen molar-refractivity contribution in [1.82, 2.24) is 4.90 Å². The van der Waals surface area contributed by atoms with Crippen LogP contribution in [0.1, 0.15) is 25.0 Å². The molecule has 0 aliphatic carbocycles. The first-order valence-corrected chi connectivity index (χ1v) is 13.5. The molecule has 8 nitrogen and oxygen atoms in total. The number of hydrogen-bond donors (Lipinski definition) is 2. The summed E-state index contributed by atoms with van der Waals surface area (Å²) < 4.78 is 93.0. The predicted molar refractivity (Wildman–Crippen MR) is 138 cm³/mol. The van der Waals surface area contributed by atoms with Crippen molar-refractivity contribution in [3.8, 4) is 0 Å². The number of carbonyl (C=O) groups is 2. The fraction of sp³-hybridized carbons (Fsp3) is 0.231. The van der Waals surface area contributed by atoms with Crippen LogP contribution < -0.4 is 14.9 Å². The topological polar surface area (TPSA) is 98.8 Å². The highest BCUT2D eigenvalue weighted by Gasteiger charge is 2.52. The monoisotopic (exact) mass is 582 g/mol. The highest BCUT2D eigenvalue weighted by Crippen LogP contribution is 2.38. The van der Waals surface area contributed by atoms with Crippen LogP contribution >= 0.6 is 0 Å². The normalized spacial score (nSPS) is 15.5. The fourth-order valence-corrected chi connectivity index (χ4v) is 4.73. The molecule has 0 radical (unpaired) electrons. The van der Waals surface area contributed by atoms with E-state index in [1.54, 1.807) is 0 Å². The molecule has 0 spiro atoms. The van der Waals surface area contributed by atoms with Crippen molar-refractivity contribution in [3.63, 3.8) is 0 Å². The van der Waals surface area contributed by atoms with Crippen LogP contribution in [0.4, 0.5) is 49.5 Å². The van der Waals surface area contributed by atoms with Gasteiger partial charge in [-0.2, -0.15) is 13.2 Å². The van der Waals surface area contributed by atoms with Crippen LogP contribution in [0.25, 0.3) is 0 Å². The molecule has 14 heteroatoms. The number of carbonyl (C=O) groups excluding carboxylic acids is 2. The van der Waals surface area contributed by atoms with E-state index in [4.69, 9.17) is 0 Å². The van der Waals surface area contributed by atoms with Gasteiger partial charge in [0.15, 0.2) is 0 Å². The molecule has 0 saturated carbocycles. The van der Waals surface area contributed by atoms with E-state index in [-0.39, 0.29) is 12.2 Å². The molecular weight excluding hydrogens is 559 g/mol. The van der Waals surface area contributed by atoms with Crippen molar-refractivity contribution in [2.75, 3.05) is 21.2 Å². The SMILES string of the molecule is CC1(C)C(=O)N(c2ccc(F)c(C(F)(F)F)c2)C(=O)N1Cc1ccc(F)cc1Nc1ccc(NS(C)(=O)=O)cc1. The lowest BCUT2D eigenvalue weighted by molar-refractivity contribution is -0.140. The minimum atomic E-state index is -5.05. The van der Waals surface area contributed by atoms with Gasteiger partial charge in [0.1, 0.15) is 17.2 Å². The summed E-state index contributed by atoms with van der Waals surface area (Å²) in [5.74, 6) is -2.99. The summed E-state index contributed by atoms with van der Waals surface area (Å²) in [5.41, 5.74) is -2.25. The first-order valence-electron chi connectivity index (χ1n) is 11.6. The Bertz CT molecular complexity index is 1590. The van der Waals surface area contributed by atoms with Gasteiger partial charge < -0.3 is 10.2 Å². The zero-order valence-corrected chi connectivity index (χ0v) is 22.1. The van der Waals surface area contributed by atoms with Crippen LogP contribution in [-0.2, 0) is 27.5 Å². The molecule has 0 atom stereocenters. The van der Waals surface area contributed by atoms with Gasteiger partial charge in [0.05, 0.1) is 24.1 Å². The third kappa shape index (κ3) is 5.86. The first kappa shape index (κ1) is 28.8. The summed E-state index contributed by atoms with van der Waals surface area (Å²) in [4.78, 5) is 28.3. The molecule has 0 bridgehead atoms. The van der Waals surface area contributed by atoms with E-state index in [1.165, 1.54) is 44.2 Å². The van der Waals surface area contributed by atoms with Gasteiger partial charge in [0.25, 0.3) is 5.91 Å². The summed E-state index contributed by atoms with van der Waals surface area (Å²) >= 11 is 0. The third-order valence-electron chi connectivity index (χ3n) is 6.20. The molecule has 1 saturated heterocycles. The van der Waals surface area contributed by atoms with Gasteiger partial charge >= 0.3 is 12.2 Å². The van der Waals surface area contributed by atoms with E-state index in [0.717, 1.165) is 29.4 Å². The molecule has 0 unspecified atom stereocenters. The molecule has 3 aromatic carbocycles. The van der Waals surface area contributed by atoms with Crippen LogP contribution in [0, 0.1) is 11.6 Å². The summed E-state index contributed by atoms with van der Waals surface area (Å²) in [6.45, 7) is 2.58. The Morgan fingerprint density at radius 3 is 2.12 bits per heavy atom. The standard InChI is InChI=1S/C26H23F5N4O4S/c1-25(2)23(36)35(19-10-11-21(28)20(13-19)26(29,30)31)24(37)34(25)14-15-4-5-16(27)12-22(15)32-17-6-8-18(9-7-17)33-40(3,38)39/h4-13,32-33H,14H2,1-3H3. The number of sulfonamides is 1. The second kappa shape index (κ2) is 10.1. The second-order valence-corrected chi connectivity index (χ2v) is 11.4. The number of hydrogen-bond acceptors (Lipinski definition) is 5. The second-order valence-electron chi connectivity index (χ2n) is 9.61. The minimum absolute atomic E-state index is 0.222. The Balaban J connectivity index is 1.64. The minimum Gasteiger partial charge on any atom is -0.355 e. The number of benzene rings is 3. The van der Waals surface area contributed by atoms with Crippen LogP contribution in [0.2, 0.25) is 0 Å². The molecule has 40 heavy (non-hydrogen) atoms. The molecule has 2 N–H and O–H groups in total. The molecule has 4 rings (SSSR count). The molecule has 0 aromatic heterocycles. The molecular formula is C26H23F5N4O4S. The van der Waals surface area contributed by atoms with Crippen LogP contribution in [0.15, 0.2) is 60.7 Å². The molecule has 1 heterocycles. The van der Waals surface area contributed by atoms with Gasteiger partial charge in [0, 0.05) is 17.1 Å². The molecule has 1 aliphatic rings. The van der Waals surface area contributed by atoms with Crippen molar-refractivity contribution in [2.45, 2.75) is 32.1 Å². The van der Waals surface area contributed by atoms with Crippen molar-refractivity contribution in [3.05, 3.63) is 83.4 Å². The smallest absolute Gasteiger partial charge is 0.355 e. The van der Waals surface area contributed by atoms with Gasteiger partial charge in [0.2, 0.25) is 10.0 Å². The van der Waals surface area contributed by atoms with Gasteiger partial charge in [-0.25, -0.2) is 26.9 Å². The van der Waals surface area contributed by atoms with Crippen LogP contribution in [0.5, 0.6) is 0 Å². The number of halogens is 5. The summed E-state index contributed by atoms with van der Waals surface area (Å²) in [6.07, 6.45) is -4.05. The van der Waals surface area contributed by atoms with Crippen molar-refractivity contribution in [2.24, 2.45) is 0 Å². The summed E-state index contributed by atoms with van der Waals surface area (Å²) in [5, 5.41) is 2.98. The Morgan fingerprint density at radius 1 is 0.900 bits per heavy atom. The summed E-state index contributed by atoms with van der Waals surface area (Å²) in [7, 11) is -3.50. The maximum Gasteiger partial charge on any atom is 0.419 e. The number of anilines is 4. The maximum absolute atomic E-state index is 14.2. The van der Waals surface area contributed by atoms with E-state index >= 15 is 0 Å². The van der Waals surface area contributed by atoms with E-state index in [9.17, 15) is 40.0 Å². The summed E-state index contributed by atoms with van der Waals surface area (Å²) in [6, 6.07) is 10.6. The van der Waals surface area contributed by atoms with E-state index in [2.05, 4.69) is 10.0 Å². The lowest BCUT2D eigenvalue weighted by Crippen LogP contribution is -2.43. The number of imide groups is 1. The fourth-order valence-electron chi connectivity index (χ4n) is 4.16. The zero-order valence-electron chi connectivity index (χ0n) is 21.3. The Hall–Kier alpha value is -4.20. The van der Waals surface area contributed by atoms with Crippen molar-refractivity contribution >= 4 is 44.7 Å². The number of amides is 3. The Morgan fingerprint density at radius 2 is 1.52 bits per heavy atom. The quantitative estimate of drug-likeness (QED) is 0.269. The number of urea groups is 1. The Labute approximate surface area is 226 Å². The van der Waals surface area contributed by atoms with E-state index in [0.29, 0.717) is 34.0 Å².